The second kappa shape index (κ2) is 4.54. The molecule has 2 rings (SSSR count). The zero-order valence-corrected chi connectivity index (χ0v) is 9.31. The zero-order chi connectivity index (χ0) is 11.5. The van der Waals surface area contributed by atoms with Crippen LogP contribution >= 0.6 is 0 Å². The number of nitriles is 1. The maximum atomic E-state index is 9.86. The predicted octanol–water partition coefficient (Wildman–Crippen LogP) is 2.35. The number of ether oxygens (including phenoxy) is 1. The summed E-state index contributed by atoms with van der Waals surface area (Å²) in [4.78, 5) is 0. The molecule has 0 amide bonds. The first kappa shape index (κ1) is 11.0. The van der Waals surface area contributed by atoms with Gasteiger partial charge in [0.1, 0.15) is 11.8 Å². The van der Waals surface area contributed by atoms with Crippen molar-refractivity contribution in [3.63, 3.8) is 0 Å². The van der Waals surface area contributed by atoms with Crippen LogP contribution in [0.4, 0.5) is 0 Å². The summed E-state index contributed by atoms with van der Waals surface area (Å²) in [6.07, 6.45) is 2.01. The van der Waals surface area contributed by atoms with Crippen LogP contribution in [0.25, 0.3) is 0 Å². The Kier molecular flexibility index (Phi) is 3.12. The molecule has 0 radical (unpaired) electrons. The third-order valence-electron chi connectivity index (χ3n) is 2.89. The van der Waals surface area contributed by atoms with Crippen LogP contribution in [0.5, 0.6) is 5.75 Å². The van der Waals surface area contributed by atoms with Crippen LogP contribution in [0.2, 0.25) is 0 Å². The van der Waals surface area contributed by atoms with E-state index in [1.54, 1.807) is 6.92 Å². The Morgan fingerprint density at radius 3 is 3.12 bits per heavy atom. The summed E-state index contributed by atoms with van der Waals surface area (Å²) in [5, 5.41) is 18.5. The summed E-state index contributed by atoms with van der Waals surface area (Å²) in [5.41, 5.74) is 2.14. The maximum Gasteiger partial charge on any atom is 0.181 e. The van der Waals surface area contributed by atoms with Crippen LogP contribution in [0.15, 0.2) is 18.2 Å². The monoisotopic (exact) mass is 217 g/mol. The fourth-order valence-corrected chi connectivity index (χ4v) is 2.06. The summed E-state index contributed by atoms with van der Waals surface area (Å²) in [6.45, 7) is 1.70. The second-order valence-corrected chi connectivity index (χ2v) is 4.16. The molecule has 3 nitrogen and oxygen atoms in total. The van der Waals surface area contributed by atoms with E-state index < -0.39 is 6.10 Å². The Bertz CT molecular complexity index is 422. The lowest BCUT2D eigenvalue weighted by Crippen LogP contribution is -2.12. The minimum atomic E-state index is -0.459. The van der Waals surface area contributed by atoms with Gasteiger partial charge in [-0.15, -0.1) is 0 Å². The van der Waals surface area contributed by atoms with Gasteiger partial charge >= 0.3 is 0 Å². The first-order chi connectivity index (χ1) is 7.70. The highest BCUT2D eigenvalue weighted by Crippen LogP contribution is 2.32. The highest BCUT2D eigenvalue weighted by Gasteiger charge is 2.18. The Hall–Kier alpha value is -1.53. The minimum absolute atomic E-state index is 0.385. The molecule has 3 heteroatoms. The third kappa shape index (κ3) is 2.17. The Labute approximate surface area is 95.3 Å². The lowest BCUT2D eigenvalue weighted by Gasteiger charge is -2.22. The molecule has 16 heavy (non-hydrogen) atoms. The first-order valence-corrected chi connectivity index (χ1v) is 5.58. The van der Waals surface area contributed by atoms with E-state index in [2.05, 4.69) is 0 Å². The van der Waals surface area contributed by atoms with Gasteiger partial charge < -0.3 is 9.84 Å². The van der Waals surface area contributed by atoms with Crippen LogP contribution in [0, 0.1) is 11.3 Å². The topological polar surface area (TPSA) is 53.2 Å². The molecule has 2 unspecified atom stereocenters. The van der Waals surface area contributed by atoms with Crippen LogP contribution in [-0.4, -0.2) is 11.2 Å². The van der Waals surface area contributed by atoms with Crippen molar-refractivity contribution in [3.05, 3.63) is 29.3 Å². The van der Waals surface area contributed by atoms with E-state index >= 15 is 0 Å². The first-order valence-electron chi connectivity index (χ1n) is 5.58. The molecule has 1 N–H and O–H groups in total. The van der Waals surface area contributed by atoms with Crippen molar-refractivity contribution in [1.82, 2.24) is 0 Å². The lowest BCUT2D eigenvalue weighted by molar-refractivity contribution is 0.155. The van der Waals surface area contributed by atoms with E-state index in [9.17, 15) is 5.11 Å². The van der Waals surface area contributed by atoms with Crippen molar-refractivity contribution in [2.45, 2.75) is 38.4 Å². The summed E-state index contributed by atoms with van der Waals surface area (Å²) in [5.74, 6) is 0.661. The van der Waals surface area contributed by atoms with Crippen molar-refractivity contribution in [1.29, 1.82) is 5.26 Å². The van der Waals surface area contributed by atoms with Gasteiger partial charge in [0.05, 0.1) is 6.10 Å². The van der Waals surface area contributed by atoms with Crippen molar-refractivity contribution in [3.8, 4) is 11.8 Å². The fraction of sp³-hybridized carbons (Fsp3) is 0.462. The van der Waals surface area contributed by atoms with Gasteiger partial charge in [-0.2, -0.15) is 5.26 Å². The molecule has 2 atom stereocenters. The van der Waals surface area contributed by atoms with Crippen molar-refractivity contribution in [2.24, 2.45) is 0 Å². The highest BCUT2D eigenvalue weighted by atomic mass is 16.5. The summed E-state index contributed by atoms with van der Waals surface area (Å²) < 4.78 is 5.41. The molecular weight excluding hydrogens is 202 g/mol. The zero-order valence-electron chi connectivity index (χ0n) is 9.31. The Balaban J connectivity index is 2.24. The molecule has 0 spiro atoms. The second-order valence-electron chi connectivity index (χ2n) is 4.16. The van der Waals surface area contributed by atoms with Crippen molar-refractivity contribution < 1.29 is 9.84 Å². The molecule has 0 bridgehead atoms. The number of aliphatic hydroxyl groups is 1. The molecular formula is C13H15NO2. The maximum absolute atomic E-state index is 9.86. The number of hydrogen-bond acceptors (Lipinski definition) is 3. The molecule has 0 saturated carbocycles. The Morgan fingerprint density at radius 2 is 2.38 bits per heavy atom. The van der Waals surface area contributed by atoms with Crippen molar-refractivity contribution >= 4 is 0 Å². The van der Waals surface area contributed by atoms with Gasteiger partial charge in [-0.05, 0) is 49.4 Å². The van der Waals surface area contributed by atoms with E-state index in [0.29, 0.717) is 5.75 Å². The van der Waals surface area contributed by atoms with E-state index in [-0.39, 0.29) is 6.10 Å². The largest absolute Gasteiger partial charge is 0.476 e. The van der Waals surface area contributed by atoms with Crippen LogP contribution < -0.4 is 4.74 Å². The summed E-state index contributed by atoms with van der Waals surface area (Å²) in [6, 6.07) is 7.72. The molecule has 0 aromatic heterocycles. The highest BCUT2D eigenvalue weighted by molar-refractivity contribution is 5.38. The number of nitrogens with zero attached hydrogens (tertiary/aromatic N) is 1. The lowest BCUT2D eigenvalue weighted by atomic mass is 9.89. The van der Waals surface area contributed by atoms with Gasteiger partial charge in [0.15, 0.2) is 6.10 Å². The van der Waals surface area contributed by atoms with Gasteiger partial charge in [0.2, 0.25) is 0 Å². The van der Waals surface area contributed by atoms with E-state index in [4.69, 9.17) is 10.00 Å². The van der Waals surface area contributed by atoms with Crippen LogP contribution in [-0.2, 0) is 6.42 Å². The minimum Gasteiger partial charge on any atom is -0.476 e. The number of aliphatic hydroxyl groups excluding tert-OH is 1. The summed E-state index contributed by atoms with van der Waals surface area (Å²) in [7, 11) is 0. The molecule has 1 aliphatic rings. The predicted molar refractivity (Wildman–Crippen MR) is 60.0 cm³/mol. The van der Waals surface area contributed by atoms with E-state index in [1.807, 2.05) is 24.3 Å². The molecule has 1 aliphatic carbocycles. The molecule has 1 aromatic carbocycles. The van der Waals surface area contributed by atoms with Crippen LogP contribution in [0.1, 0.15) is 37.0 Å². The number of rotatable bonds is 2. The normalized spacial score (nSPS) is 20.7. The smallest absolute Gasteiger partial charge is 0.181 e. The number of benzene rings is 1. The average Bonchev–Trinajstić information content (AvgIpc) is 2.30. The van der Waals surface area contributed by atoms with Gasteiger partial charge in [0, 0.05) is 0 Å². The number of aryl methyl sites for hydroxylation is 1. The molecule has 0 aliphatic heterocycles. The van der Waals surface area contributed by atoms with E-state index in [1.165, 1.54) is 5.56 Å². The average molecular weight is 217 g/mol. The van der Waals surface area contributed by atoms with Gasteiger partial charge in [-0.25, -0.2) is 0 Å². The van der Waals surface area contributed by atoms with Gasteiger partial charge in [0.25, 0.3) is 0 Å². The third-order valence-corrected chi connectivity index (χ3v) is 2.89. The van der Waals surface area contributed by atoms with E-state index in [0.717, 1.165) is 24.8 Å². The number of hydrogen-bond donors (Lipinski definition) is 1. The Morgan fingerprint density at radius 1 is 1.56 bits per heavy atom. The van der Waals surface area contributed by atoms with Gasteiger partial charge in [-0.1, -0.05) is 6.07 Å². The van der Waals surface area contributed by atoms with Gasteiger partial charge in [-0.3, -0.25) is 0 Å². The SMILES string of the molecule is CC(C#N)Oc1ccc2c(c1)C(O)CCC2. The molecule has 1 aromatic rings. The standard InChI is InChI=1S/C13H15NO2/c1-9(8-14)16-11-6-5-10-3-2-4-13(15)12(10)7-11/h5-7,9,13,15H,2-4H2,1H3. The molecule has 0 heterocycles. The fourth-order valence-electron chi connectivity index (χ4n) is 2.06. The summed E-state index contributed by atoms with van der Waals surface area (Å²) >= 11 is 0. The molecule has 0 saturated heterocycles. The quantitative estimate of drug-likeness (QED) is 0.827. The van der Waals surface area contributed by atoms with Crippen molar-refractivity contribution in [2.75, 3.05) is 0 Å². The van der Waals surface area contributed by atoms with Crippen LogP contribution in [0.3, 0.4) is 0 Å². The molecule has 84 valence electrons. The number of fused-ring (bicyclic) bond motifs is 1. The molecule has 0 fully saturated rings.